The molecule has 106 valence electrons. The molecule has 0 saturated heterocycles. The van der Waals surface area contributed by atoms with Gasteiger partial charge in [0.05, 0.1) is 11.7 Å². The Bertz CT molecular complexity index is 873. The number of carbonyl (C=O) groups is 1. The van der Waals surface area contributed by atoms with Gasteiger partial charge < -0.3 is 9.67 Å². The lowest BCUT2D eigenvalue weighted by Crippen LogP contribution is -2.08. The monoisotopic (exact) mass is 304 g/mol. The highest BCUT2D eigenvalue weighted by Gasteiger charge is 2.21. The van der Waals surface area contributed by atoms with Gasteiger partial charge in [-0.15, -0.1) is 0 Å². The van der Waals surface area contributed by atoms with Crippen LogP contribution in [-0.4, -0.2) is 20.6 Å². The molecule has 4 nitrogen and oxygen atoms in total. The Kier molecular flexibility index (Phi) is 3.14. The van der Waals surface area contributed by atoms with E-state index in [1.54, 1.807) is 19.1 Å². The van der Waals surface area contributed by atoms with Gasteiger partial charge in [-0.3, -0.25) is 0 Å². The topological polar surface area (TPSA) is 55.1 Å². The van der Waals surface area contributed by atoms with Crippen LogP contribution in [0.5, 0.6) is 0 Å². The first-order chi connectivity index (χ1) is 9.99. The van der Waals surface area contributed by atoms with Crippen molar-refractivity contribution in [1.29, 1.82) is 0 Å². The molecule has 21 heavy (non-hydrogen) atoms. The van der Waals surface area contributed by atoms with Crippen molar-refractivity contribution in [1.82, 2.24) is 9.55 Å². The predicted octanol–water partition coefficient (Wildman–Crippen LogP) is 3.82. The van der Waals surface area contributed by atoms with Crippen molar-refractivity contribution in [2.75, 3.05) is 0 Å². The van der Waals surface area contributed by atoms with Crippen molar-refractivity contribution >= 4 is 28.5 Å². The van der Waals surface area contributed by atoms with Crippen LogP contribution in [0.3, 0.4) is 0 Å². The lowest BCUT2D eigenvalue weighted by molar-refractivity contribution is 0.0688. The van der Waals surface area contributed by atoms with E-state index in [0.717, 1.165) is 0 Å². The summed E-state index contributed by atoms with van der Waals surface area (Å²) in [6.45, 7) is 1.69. The Hall–Kier alpha value is -2.40. The molecule has 2 heterocycles. The van der Waals surface area contributed by atoms with Gasteiger partial charge >= 0.3 is 5.97 Å². The Morgan fingerprint density at radius 1 is 1.38 bits per heavy atom. The molecule has 3 aromatic rings. The molecule has 1 N–H and O–H groups in total. The van der Waals surface area contributed by atoms with Crippen LogP contribution >= 0.6 is 11.6 Å². The highest BCUT2D eigenvalue weighted by atomic mass is 35.5. The molecule has 0 amide bonds. The maximum atomic E-state index is 13.5. The number of aryl methyl sites for hydroxylation is 1. The molecule has 2 aromatic heterocycles. The van der Waals surface area contributed by atoms with E-state index in [-0.39, 0.29) is 10.8 Å². The number of hydrogen-bond donors (Lipinski definition) is 1. The van der Waals surface area contributed by atoms with Gasteiger partial charge in [-0.05, 0) is 36.8 Å². The minimum absolute atomic E-state index is 0.0691. The molecular formula is C15H10ClFN2O2. The number of carboxylic acids is 1. The molecule has 0 bridgehead atoms. The van der Waals surface area contributed by atoms with Crippen LogP contribution in [0.1, 0.15) is 16.1 Å². The van der Waals surface area contributed by atoms with Crippen LogP contribution < -0.4 is 0 Å². The van der Waals surface area contributed by atoms with Gasteiger partial charge in [0.2, 0.25) is 0 Å². The number of rotatable bonds is 2. The Morgan fingerprint density at radius 2 is 2.14 bits per heavy atom. The smallest absolute Gasteiger partial charge is 0.353 e. The van der Waals surface area contributed by atoms with Gasteiger partial charge in [0.25, 0.3) is 0 Å². The second kappa shape index (κ2) is 4.86. The lowest BCUT2D eigenvalue weighted by Gasteiger charge is -2.08. The summed E-state index contributed by atoms with van der Waals surface area (Å²) in [4.78, 5) is 15.6. The summed E-state index contributed by atoms with van der Waals surface area (Å²) in [5, 5.41) is 10.4. The number of benzene rings is 1. The normalized spacial score (nSPS) is 11.0. The van der Waals surface area contributed by atoms with Crippen molar-refractivity contribution in [3.05, 3.63) is 58.8 Å². The van der Waals surface area contributed by atoms with E-state index in [1.807, 2.05) is 0 Å². The van der Waals surface area contributed by atoms with E-state index in [2.05, 4.69) is 4.98 Å². The highest BCUT2D eigenvalue weighted by Crippen LogP contribution is 2.30. The first kappa shape index (κ1) is 13.6. The van der Waals surface area contributed by atoms with E-state index in [1.165, 1.54) is 29.0 Å². The number of aromatic nitrogens is 2. The number of fused-ring (bicyclic) bond motifs is 1. The third-order valence-corrected chi connectivity index (χ3v) is 3.55. The number of pyridine rings is 1. The Morgan fingerprint density at radius 3 is 2.81 bits per heavy atom. The van der Waals surface area contributed by atoms with Crippen molar-refractivity contribution in [3.63, 3.8) is 0 Å². The molecule has 6 heteroatoms. The third-order valence-electron chi connectivity index (χ3n) is 3.34. The number of hydrogen-bond acceptors (Lipinski definition) is 2. The molecule has 0 atom stereocenters. The maximum Gasteiger partial charge on any atom is 0.353 e. The van der Waals surface area contributed by atoms with Crippen molar-refractivity contribution in [2.45, 2.75) is 6.92 Å². The predicted molar refractivity (Wildman–Crippen MR) is 77.7 cm³/mol. The summed E-state index contributed by atoms with van der Waals surface area (Å²) in [5.41, 5.74) is 1.63. The van der Waals surface area contributed by atoms with Crippen LogP contribution in [-0.2, 0) is 0 Å². The van der Waals surface area contributed by atoms with Crippen LogP contribution in [0.25, 0.3) is 16.6 Å². The molecule has 0 unspecified atom stereocenters. The van der Waals surface area contributed by atoms with Crippen molar-refractivity contribution in [2.24, 2.45) is 0 Å². The van der Waals surface area contributed by atoms with Crippen molar-refractivity contribution in [3.8, 4) is 5.69 Å². The fourth-order valence-electron chi connectivity index (χ4n) is 2.46. The summed E-state index contributed by atoms with van der Waals surface area (Å²) >= 11 is 5.88. The molecular weight excluding hydrogens is 295 g/mol. The maximum absolute atomic E-state index is 13.5. The molecule has 0 aliphatic rings. The summed E-state index contributed by atoms with van der Waals surface area (Å²) in [6, 6.07) is 7.36. The summed E-state index contributed by atoms with van der Waals surface area (Å²) in [7, 11) is 0. The first-order valence-electron chi connectivity index (χ1n) is 6.15. The van der Waals surface area contributed by atoms with E-state index >= 15 is 0 Å². The van der Waals surface area contributed by atoms with E-state index < -0.39 is 11.8 Å². The van der Waals surface area contributed by atoms with Crippen LogP contribution in [0.4, 0.5) is 4.39 Å². The van der Waals surface area contributed by atoms with Gasteiger partial charge in [0.15, 0.2) is 0 Å². The molecule has 0 aliphatic heterocycles. The molecule has 0 spiro atoms. The van der Waals surface area contributed by atoms with Crippen LogP contribution in [0.15, 0.2) is 36.5 Å². The third kappa shape index (κ3) is 2.15. The van der Waals surface area contributed by atoms with Crippen LogP contribution in [0, 0.1) is 12.7 Å². The number of aromatic carboxylic acids is 1. The lowest BCUT2D eigenvalue weighted by atomic mass is 10.2. The molecule has 1 aromatic carbocycles. The SMILES string of the molecule is Cc1c(C(=O)O)n(-c2cccc(F)c2)c2cnc(Cl)cc12. The Labute approximate surface area is 124 Å². The van der Waals surface area contributed by atoms with Gasteiger partial charge in [0, 0.05) is 11.1 Å². The molecule has 0 aliphatic carbocycles. The molecule has 0 saturated carbocycles. The number of halogens is 2. The molecule has 0 fully saturated rings. The van der Waals surface area contributed by atoms with Crippen molar-refractivity contribution < 1.29 is 14.3 Å². The zero-order valence-corrected chi connectivity index (χ0v) is 11.7. The Balaban J connectivity index is 2.45. The molecule has 3 rings (SSSR count). The van der Waals surface area contributed by atoms with Gasteiger partial charge in [0.1, 0.15) is 16.7 Å². The van der Waals surface area contributed by atoms with Gasteiger partial charge in [-0.2, -0.15) is 0 Å². The fraction of sp³-hybridized carbons (Fsp3) is 0.0667. The second-order valence-electron chi connectivity index (χ2n) is 4.62. The van der Waals surface area contributed by atoms with Crippen LogP contribution in [0.2, 0.25) is 5.15 Å². The highest BCUT2D eigenvalue weighted by molar-refractivity contribution is 6.30. The zero-order chi connectivity index (χ0) is 15.1. The average molecular weight is 305 g/mol. The van der Waals surface area contributed by atoms with E-state index in [9.17, 15) is 14.3 Å². The minimum Gasteiger partial charge on any atom is -0.477 e. The summed E-state index contributed by atoms with van der Waals surface area (Å²) < 4.78 is 14.9. The fourth-order valence-corrected chi connectivity index (χ4v) is 2.61. The van der Waals surface area contributed by atoms with E-state index in [4.69, 9.17) is 11.6 Å². The standard InChI is InChI=1S/C15H10ClFN2O2/c1-8-11-6-13(16)18-7-12(11)19(14(8)15(20)21)10-4-2-3-9(17)5-10/h2-7H,1H3,(H,20,21). The number of nitrogens with zero attached hydrogens (tertiary/aromatic N) is 2. The summed E-state index contributed by atoms with van der Waals surface area (Å²) in [5.74, 6) is -1.53. The quantitative estimate of drug-likeness (QED) is 0.732. The van der Waals surface area contributed by atoms with Gasteiger partial charge in [-0.25, -0.2) is 14.2 Å². The van der Waals surface area contributed by atoms with E-state index in [0.29, 0.717) is 22.2 Å². The second-order valence-corrected chi connectivity index (χ2v) is 5.01. The summed E-state index contributed by atoms with van der Waals surface area (Å²) in [6.07, 6.45) is 1.49. The number of carboxylic acid groups (broad SMARTS) is 1. The van der Waals surface area contributed by atoms with Gasteiger partial charge in [-0.1, -0.05) is 17.7 Å². The zero-order valence-electron chi connectivity index (χ0n) is 11.0. The largest absolute Gasteiger partial charge is 0.477 e. The first-order valence-corrected chi connectivity index (χ1v) is 6.52. The minimum atomic E-state index is -1.09. The molecule has 0 radical (unpaired) electrons. The average Bonchev–Trinajstić information content (AvgIpc) is 2.72.